The maximum Gasteiger partial charge on any atom is 0.279 e. The maximum atomic E-state index is 12.6. The second kappa shape index (κ2) is 4.35. The first-order valence-electron chi connectivity index (χ1n) is 6.18. The van der Waals surface area contributed by atoms with E-state index < -0.39 is 0 Å². The number of rotatable bonds is 1. The van der Waals surface area contributed by atoms with Crippen LogP contribution in [0.3, 0.4) is 0 Å². The van der Waals surface area contributed by atoms with E-state index in [0.29, 0.717) is 16.6 Å². The number of fused-ring (bicyclic) bond motifs is 2. The van der Waals surface area contributed by atoms with Gasteiger partial charge in [-0.2, -0.15) is 4.68 Å². The standard InChI is InChI=1S/C14H8N4O2S/c19-12-8-3-1-2-4-9(8)14(20)18(17-12)11-10-5-6-21-13(10)16-7-15-11/h1-7H,(H,17,19). The van der Waals surface area contributed by atoms with Gasteiger partial charge in [0, 0.05) is 0 Å². The average molecular weight is 296 g/mol. The van der Waals surface area contributed by atoms with Crippen LogP contribution < -0.4 is 11.1 Å². The average Bonchev–Trinajstić information content (AvgIpc) is 2.99. The lowest BCUT2D eigenvalue weighted by molar-refractivity contribution is 0.781. The Labute approximate surface area is 121 Å². The zero-order chi connectivity index (χ0) is 14.4. The number of H-pyrrole nitrogens is 1. The molecule has 1 aromatic carbocycles. The summed E-state index contributed by atoms with van der Waals surface area (Å²) in [6.45, 7) is 0. The fraction of sp³-hybridized carbons (Fsp3) is 0. The van der Waals surface area contributed by atoms with Gasteiger partial charge in [0.2, 0.25) is 0 Å². The summed E-state index contributed by atoms with van der Waals surface area (Å²) >= 11 is 1.45. The molecule has 21 heavy (non-hydrogen) atoms. The number of aromatic nitrogens is 4. The van der Waals surface area contributed by atoms with Crippen molar-refractivity contribution in [2.75, 3.05) is 0 Å². The Morgan fingerprint density at radius 1 is 1.00 bits per heavy atom. The molecule has 3 aromatic heterocycles. The number of nitrogens with zero attached hydrogens (tertiary/aromatic N) is 3. The molecular weight excluding hydrogens is 288 g/mol. The highest BCUT2D eigenvalue weighted by molar-refractivity contribution is 7.16. The van der Waals surface area contributed by atoms with E-state index in [0.717, 1.165) is 10.2 Å². The Balaban J connectivity index is 2.17. The Morgan fingerprint density at radius 3 is 2.67 bits per heavy atom. The molecule has 0 radical (unpaired) electrons. The highest BCUT2D eigenvalue weighted by atomic mass is 32.1. The highest BCUT2D eigenvalue weighted by Gasteiger charge is 2.12. The van der Waals surface area contributed by atoms with Gasteiger partial charge in [-0.25, -0.2) is 9.97 Å². The van der Waals surface area contributed by atoms with E-state index in [2.05, 4.69) is 15.1 Å². The van der Waals surface area contributed by atoms with Crippen molar-refractivity contribution in [1.29, 1.82) is 0 Å². The maximum absolute atomic E-state index is 12.6. The molecule has 0 saturated heterocycles. The van der Waals surface area contributed by atoms with Crippen LogP contribution in [0.2, 0.25) is 0 Å². The number of hydrogen-bond donors (Lipinski definition) is 1. The molecule has 0 bridgehead atoms. The van der Waals surface area contributed by atoms with Gasteiger partial charge in [-0.15, -0.1) is 11.3 Å². The molecule has 0 aliphatic rings. The smallest absolute Gasteiger partial charge is 0.267 e. The first-order chi connectivity index (χ1) is 10.3. The van der Waals surface area contributed by atoms with Crippen LogP contribution in [0.1, 0.15) is 0 Å². The number of nitrogens with one attached hydrogen (secondary N) is 1. The molecule has 4 rings (SSSR count). The molecule has 7 heteroatoms. The first-order valence-corrected chi connectivity index (χ1v) is 7.06. The number of benzene rings is 1. The molecule has 0 unspecified atom stereocenters. The highest BCUT2D eigenvalue weighted by Crippen LogP contribution is 2.21. The Bertz CT molecular complexity index is 1090. The minimum Gasteiger partial charge on any atom is -0.267 e. The predicted molar refractivity (Wildman–Crippen MR) is 81.1 cm³/mol. The zero-order valence-corrected chi connectivity index (χ0v) is 11.4. The molecule has 0 aliphatic heterocycles. The monoisotopic (exact) mass is 296 g/mol. The first kappa shape index (κ1) is 12.0. The zero-order valence-electron chi connectivity index (χ0n) is 10.6. The summed E-state index contributed by atoms with van der Waals surface area (Å²) < 4.78 is 1.18. The molecule has 0 fully saturated rings. The van der Waals surface area contributed by atoms with Gasteiger partial charge in [-0.3, -0.25) is 14.7 Å². The summed E-state index contributed by atoms with van der Waals surface area (Å²) in [6.07, 6.45) is 1.38. The summed E-state index contributed by atoms with van der Waals surface area (Å²) in [4.78, 5) is 33.8. The van der Waals surface area contributed by atoms with E-state index in [-0.39, 0.29) is 11.1 Å². The summed E-state index contributed by atoms with van der Waals surface area (Å²) in [5, 5.41) is 5.91. The summed E-state index contributed by atoms with van der Waals surface area (Å²) in [5.41, 5.74) is -0.636. The van der Waals surface area contributed by atoms with Crippen molar-refractivity contribution in [1.82, 2.24) is 19.7 Å². The third-order valence-electron chi connectivity index (χ3n) is 3.27. The Hall–Kier alpha value is -2.80. The lowest BCUT2D eigenvalue weighted by atomic mass is 10.2. The van der Waals surface area contributed by atoms with Crippen LogP contribution in [0.4, 0.5) is 0 Å². The largest absolute Gasteiger partial charge is 0.279 e. The van der Waals surface area contributed by atoms with Crippen molar-refractivity contribution in [2.45, 2.75) is 0 Å². The fourth-order valence-corrected chi connectivity index (χ4v) is 3.03. The van der Waals surface area contributed by atoms with Crippen molar-refractivity contribution in [3.05, 3.63) is 62.7 Å². The minimum absolute atomic E-state index is 0.309. The van der Waals surface area contributed by atoms with Crippen molar-refractivity contribution >= 4 is 32.3 Å². The summed E-state index contributed by atoms with van der Waals surface area (Å²) in [6, 6.07) is 8.54. The van der Waals surface area contributed by atoms with Gasteiger partial charge in [0.25, 0.3) is 11.1 Å². The number of aromatic amines is 1. The van der Waals surface area contributed by atoms with Crippen LogP contribution in [0.5, 0.6) is 0 Å². The van der Waals surface area contributed by atoms with E-state index in [9.17, 15) is 9.59 Å². The van der Waals surface area contributed by atoms with Gasteiger partial charge >= 0.3 is 0 Å². The Kier molecular flexibility index (Phi) is 2.48. The lowest BCUT2D eigenvalue weighted by Gasteiger charge is -2.06. The van der Waals surface area contributed by atoms with Gasteiger partial charge in [0.05, 0.1) is 16.2 Å². The van der Waals surface area contributed by atoms with Crippen molar-refractivity contribution in [3.8, 4) is 5.82 Å². The van der Waals surface area contributed by atoms with Crippen LogP contribution in [-0.2, 0) is 0 Å². The summed E-state index contributed by atoms with van der Waals surface area (Å²) in [5.74, 6) is 0.383. The van der Waals surface area contributed by atoms with Crippen LogP contribution in [0.25, 0.3) is 26.8 Å². The molecule has 0 spiro atoms. The Morgan fingerprint density at radius 2 is 1.81 bits per heavy atom. The van der Waals surface area contributed by atoms with Gasteiger partial charge in [0.1, 0.15) is 11.2 Å². The van der Waals surface area contributed by atoms with Crippen LogP contribution >= 0.6 is 11.3 Å². The SMILES string of the molecule is O=c1[nH]n(-c2ncnc3sccc23)c(=O)c2ccccc12. The second-order valence-corrected chi connectivity index (χ2v) is 5.36. The molecule has 6 nitrogen and oxygen atoms in total. The van der Waals surface area contributed by atoms with E-state index in [4.69, 9.17) is 0 Å². The molecule has 0 aliphatic carbocycles. The molecule has 1 N–H and O–H groups in total. The molecule has 0 amide bonds. The number of thiophene rings is 1. The van der Waals surface area contributed by atoms with E-state index in [1.54, 1.807) is 24.3 Å². The fourth-order valence-electron chi connectivity index (χ4n) is 2.30. The molecule has 0 atom stereocenters. The van der Waals surface area contributed by atoms with Gasteiger partial charge < -0.3 is 0 Å². The van der Waals surface area contributed by atoms with E-state index in [1.165, 1.54) is 22.3 Å². The van der Waals surface area contributed by atoms with Crippen LogP contribution in [-0.4, -0.2) is 19.7 Å². The minimum atomic E-state index is -0.327. The van der Waals surface area contributed by atoms with Gasteiger partial charge in [-0.1, -0.05) is 12.1 Å². The normalized spacial score (nSPS) is 11.2. The quantitative estimate of drug-likeness (QED) is 0.579. The molecule has 4 aromatic rings. The molecular formula is C14H8N4O2S. The third kappa shape index (κ3) is 1.71. The van der Waals surface area contributed by atoms with Crippen molar-refractivity contribution in [2.24, 2.45) is 0 Å². The van der Waals surface area contributed by atoms with Crippen LogP contribution in [0, 0.1) is 0 Å². The molecule has 102 valence electrons. The van der Waals surface area contributed by atoms with Crippen molar-refractivity contribution in [3.63, 3.8) is 0 Å². The van der Waals surface area contributed by atoms with E-state index >= 15 is 0 Å². The van der Waals surface area contributed by atoms with Crippen LogP contribution in [0.15, 0.2) is 51.6 Å². The number of hydrogen-bond acceptors (Lipinski definition) is 5. The van der Waals surface area contributed by atoms with Gasteiger partial charge in [-0.05, 0) is 23.6 Å². The lowest BCUT2D eigenvalue weighted by Crippen LogP contribution is -2.29. The van der Waals surface area contributed by atoms with Gasteiger partial charge in [0.15, 0.2) is 5.82 Å². The topological polar surface area (TPSA) is 80.6 Å². The predicted octanol–water partition coefficient (Wildman–Crippen LogP) is 1.68. The third-order valence-corrected chi connectivity index (χ3v) is 4.09. The van der Waals surface area contributed by atoms with Crippen molar-refractivity contribution < 1.29 is 0 Å². The molecule has 3 heterocycles. The van der Waals surface area contributed by atoms with E-state index in [1.807, 2.05) is 11.4 Å². The summed E-state index contributed by atoms with van der Waals surface area (Å²) in [7, 11) is 0. The molecule has 0 saturated carbocycles. The second-order valence-electron chi connectivity index (χ2n) is 4.46.